The number of carbonyl (C=O) groups is 2. The monoisotopic (exact) mass is 242 g/mol. The molecule has 0 rings (SSSR count). The third kappa shape index (κ3) is 6.60. The van der Waals surface area contributed by atoms with Gasteiger partial charge in [0, 0.05) is 6.08 Å². The summed E-state index contributed by atoms with van der Waals surface area (Å²) in [5.41, 5.74) is 4.53. The number of rotatable bonds is 4. The number of nitrogens with one attached hydrogen (secondary N) is 1. The van der Waals surface area contributed by atoms with E-state index >= 15 is 0 Å². The van der Waals surface area contributed by atoms with Crippen LogP contribution in [-0.4, -0.2) is 23.5 Å². The smallest absolute Gasteiger partial charge is 0.329 e. The van der Waals surface area contributed by atoms with Crippen LogP contribution in [0.4, 0.5) is 0 Å². The summed E-state index contributed by atoms with van der Waals surface area (Å²) in [5, 5.41) is 2.56. The molecule has 17 heavy (non-hydrogen) atoms. The molecule has 0 saturated carbocycles. The molecule has 0 spiro atoms. The maximum Gasteiger partial charge on any atom is 0.329 e. The van der Waals surface area contributed by atoms with Crippen LogP contribution in [0.2, 0.25) is 0 Å². The van der Waals surface area contributed by atoms with Gasteiger partial charge in [-0.3, -0.25) is 4.79 Å². The summed E-state index contributed by atoms with van der Waals surface area (Å²) in [6.45, 7) is 9.01. The fraction of sp³-hybridized carbons (Fsp3) is 0.667. The van der Waals surface area contributed by atoms with Crippen molar-refractivity contribution in [2.24, 2.45) is 11.7 Å². The molecule has 1 amide bonds. The van der Waals surface area contributed by atoms with Crippen LogP contribution in [0.1, 0.15) is 34.6 Å². The van der Waals surface area contributed by atoms with Crippen LogP contribution in [-0.2, 0) is 14.3 Å². The number of amides is 1. The van der Waals surface area contributed by atoms with Crippen molar-refractivity contribution in [3.8, 4) is 0 Å². The molecule has 0 aliphatic heterocycles. The molecule has 1 atom stereocenters. The van der Waals surface area contributed by atoms with Crippen molar-refractivity contribution >= 4 is 11.9 Å². The van der Waals surface area contributed by atoms with E-state index in [9.17, 15) is 9.59 Å². The zero-order valence-corrected chi connectivity index (χ0v) is 11.1. The number of hydrogen-bond acceptors (Lipinski definition) is 4. The summed E-state index contributed by atoms with van der Waals surface area (Å²) in [4.78, 5) is 23.2. The van der Waals surface area contributed by atoms with Crippen molar-refractivity contribution in [3.63, 3.8) is 0 Å². The minimum atomic E-state index is -0.669. The molecule has 0 aromatic heterocycles. The van der Waals surface area contributed by atoms with Crippen LogP contribution in [0.5, 0.6) is 0 Å². The molecular weight excluding hydrogens is 220 g/mol. The third-order valence-corrected chi connectivity index (χ3v) is 1.87. The third-order valence-electron chi connectivity index (χ3n) is 1.87. The first-order valence-electron chi connectivity index (χ1n) is 5.59. The van der Waals surface area contributed by atoms with E-state index in [1.165, 1.54) is 6.08 Å². The van der Waals surface area contributed by atoms with Gasteiger partial charge in [0.1, 0.15) is 11.6 Å². The number of esters is 1. The van der Waals surface area contributed by atoms with Gasteiger partial charge in [-0.2, -0.15) is 0 Å². The summed E-state index contributed by atoms with van der Waals surface area (Å²) < 4.78 is 5.23. The van der Waals surface area contributed by atoms with Crippen LogP contribution in [0.15, 0.2) is 12.3 Å². The van der Waals surface area contributed by atoms with E-state index in [2.05, 4.69) is 5.32 Å². The molecule has 5 nitrogen and oxygen atoms in total. The van der Waals surface area contributed by atoms with Crippen LogP contribution in [0, 0.1) is 5.92 Å². The second kappa shape index (κ2) is 6.27. The summed E-state index contributed by atoms with van der Waals surface area (Å²) in [6, 6.07) is -0.669. The maximum atomic E-state index is 11.8. The molecular formula is C12H22N2O3. The lowest BCUT2D eigenvalue weighted by Gasteiger charge is -2.26. The van der Waals surface area contributed by atoms with E-state index in [1.807, 2.05) is 13.8 Å². The van der Waals surface area contributed by atoms with Gasteiger partial charge < -0.3 is 15.8 Å². The Morgan fingerprint density at radius 3 is 2.18 bits per heavy atom. The van der Waals surface area contributed by atoms with Crippen LogP contribution in [0.25, 0.3) is 0 Å². The topological polar surface area (TPSA) is 81.4 Å². The lowest BCUT2D eigenvalue weighted by Crippen LogP contribution is -2.46. The van der Waals surface area contributed by atoms with E-state index in [1.54, 1.807) is 20.8 Å². The van der Waals surface area contributed by atoms with E-state index in [0.29, 0.717) is 0 Å². The minimum Gasteiger partial charge on any atom is -0.458 e. The number of nitrogens with two attached hydrogens (primary N) is 1. The second-order valence-corrected chi connectivity index (χ2v) is 5.12. The van der Waals surface area contributed by atoms with Gasteiger partial charge in [0.2, 0.25) is 5.91 Å². The van der Waals surface area contributed by atoms with Crippen molar-refractivity contribution in [1.82, 2.24) is 5.32 Å². The average molecular weight is 242 g/mol. The Labute approximate surface area is 102 Å². The van der Waals surface area contributed by atoms with Gasteiger partial charge in [0.15, 0.2) is 0 Å². The fourth-order valence-corrected chi connectivity index (χ4v) is 1.15. The highest BCUT2D eigenvalue weighted by Gasteiger charge is 2.28. The quantitative estimate of drug-likeness (QED) is 0.568. The Hall–Kier alpha value is -1.52. The summed E-state index contributed by atoms with van der Waals surface area (Å²) >= 11 is 0. The normalized spacial score (nSPS) is 13.8. The Morgan fingerprint density at radius 2 is 1.82 bits per heavy atom. The Morgan fingerprint density at radius 1 is 1.29 bits per heavy atom. The van der Waals surface area contributed by atoms with Crippen LogP contribution >= 0.6 is 0 Å². The highest BCUT2D eigenvalue weighted by Crippen LogP contribution is 2.12. The van der Waals surface area contributed by atoms with E-state index in [-0.39, 0.29) is 5.92 Å². The van der Waals surface area contributed by atoms with Gasteiger partial charge in [-0.15, -0.1) is 0 Å². The molecule has 0 fully saturated rings. The average Bonchev–Trinajstić information content (AvgIpc) is 2.11. The van der Waals surface area contributed by atoms with Crippen molar-refractivity contribution in [2.75, 3.05) is 0 Å². The molecule has 3 N–H and O–H groups in total. The summed E-state index contributed by atoms with van der Waals surface area (Å²) in [7, 11) is 0. The molecule has 98 valence electrons. The first-order valence-corrected chi connectivity index (χ1v) is 5.59. The standard InChI is InChI=1S/C12H22N2O3/c1-8(2)10(14-9(15)6-7-13)11(16)17-12(3,4)5/h6-8,10H,13H2,1-5H3,(H,14,15)/t10-/m0/s1. The van der Waals surface area contributed by atoms with E-state index in [4.69, 9.17) is 10.5 Å². The van der Waals surface area contributed by atoms with Crippen molar-refractivity contribution in [3.05, 3.63) is 12.3 Å². The molecule has 0 aromatic carbocycles. The van der Waals surface area contributed by atoms with Gasteiger partial charge in [-0.05, 0) is 32.9 Å². The molecule has 0 radical (unpaired) electrons. The molecule has 0 aliphatic carbocycles. The Balaban J connectivity index is 4.64. The Kier molecular flexibility index (Phi) is 5.71. The van der Waals surface area contributed by atoms with Crippen molar-refractivity contribution in [1.29, 1.82) is 0 Å². The molecule has 5 heteroatoms. The van der Waals surface area contributed by atoms with E-state index < -0.39 is 23.5 Å². The highest BCUT2D eigenvalue weighted by atomic mass is 16.6. The molecule has 0 aliphatic rings. The van der Waals surface area contributed by atoms with Gasteiger partial charge >= 0.3 is 5.97 Å². The molecule has 0 aromatic rings. The maximum absolute atomic E-state index is 11.8. The van der Waals surface area contributed by atoms with Gasteiger partial charge in [0.25, 0.3) is 0 Å². The predicted octanol–water partition coefficient (Wildman–Crippen LogP) is 0.941. The number of carbonyl (C=O) groups excluding carboxylic acids is 2. The zero-order chi connectivity index (χ0) is 13.6. The summed E-state index contributed by atoms with van der Waals surface area (Å²) in [5.74, 6) is -0.900. The molecule has 0 bridgehead atoms. The first-order chi connectivity index (χ1) is 7.67. The highest BCUT2D eigenvalue weighted by molar-refractivity contribution is 5.91. The SMILES string of the molecule is CC(C)[C@H](NC(=O)C=CN)C(=O)OC(C)(C)C. The van der Waals surface area contributed by atoms with Crippen LogP contribution in [0.3, 0.4) is 0 Å². The van der Waals surface area contributed by atoms with Gasteiger partial charge in [-0.1, -0.05) is 13.8 Å². The second-order valence-electron chi connectivity index (χ2n) is 5.12. The lowest BCUT2D eigenvalue weighted by atomic mass is 10.0. The Bertz CT molecular complexity index is 303. The van der Waals surface area contributed by atoms with Crippen molar-refractivity contribution < 1.29 is 14.3 Å². The summed E-state index contributed by atoms with van der Waals surface area (Å²) in [6.07, 6.45) is 2.29. The van der Waals surface area contributed by atoms with Crippen molar-refractivity contribution in [2.45, 2.75) is 46.3 Å². The van der Waals surface area contributed by atoms with Gasteiger partial charge in [0.05, 0.1) is 0 Å². The molecule has 0 saturated heterocycles. The fourth-order valence-electron chi connectivity index (χ4n) is 1.15. The van der Waals surface area contributed by atoms with E-state index in [0.717, 1.165) is 6.20 Å². The first kappa shape index (κ1) is 15.5. The number of ether oxygens (including phenoxy) is 1. The van der Waals surface area contributed by atoms with Crippen LogP contribution < -0.4 is 11.1 Å². The minimum absolute atomic E-state index is 0.0556. The number of hydrogen-bond donors (Lipinski definition) is 2. The molecule has 0 unspecified atom stereocenters. The predicted molar refractivity (Wildman–Crippen MR) is 65.9 cm³/mol. The molecule has 0 heterocycles. The zero-order valence-electron chi connectivity index (χ0n) is 11.1. The lowest BCUT2D eigenvalue weighted by molar-refractivity contribution is -0.159. The van der Waals surface area contributed by atoms with Gasteiger partial charge in [-0.25, -0.2) is 4.79 Å². The largest absolute Gasteiger partial charge is 0.458 e.